The highest BCUT2D eigenvalue weighted by Crippen LogP contribution is 2.16. The summed E-state index contributed by atoms with van der Waals surface area (Å²) in [6.07, 6.45) is 97.3. The fraction of sp³-hybridized carbons (Fsp3) is 0.640. The summed E-state index contributed by atoms with van der Waals surface area (Å²) in [7, 11) is 0. The molecule has 6 heteroatoms. The average molecular weight is 1120 g/mol. The maximum atomic E-state index is 12.9. The first-order valence-electron chi connectivity index (χ1n) is 33.3. The standard InChI is InChI=1S/C75H122O6/c1-4-7-10-13-16-19-22-25-28-31-34-36-37-39-41-44-47-50-53-56-59-62-65-68-74(77)80-71-72(70-79-73(76)67-64-61-58-55-52-49-46-43-40-33-30-27-24-21-18-15-12-9-6-3)81-75(78)69-66-63-60-57-54-51-48-45-42-38-35-32-29-26-23-20-17-14-11-8-5-2/h7,9-10,12,16,18-19,21,25,27-28,30,34,36,39-41,43,47,49-50,52,58,61,72H,4-6,8,11,13-15,17,20,22-24,26,29,31-33,35,37-38,42,44-46,48,51,53-57,59-60,62-71H2,1-3H3/b10-7-,12-9-,19-16-,21-18-,28-25-,30-27-,36-34-,41-39-,43-40-,50-47-,52-49-,61-58-. The van der Waals surface area contributed by atoms with Crippen LogP contribution in [0.15, 0.2) is 146 Å². The smallest absolute Gasteiger partial charge is 0.306 e. The maximum absolute atomic E-state index is 12.9. The van der Waals surface area contributed by atoms with Gasteiger partial charge in [-0.05, 0) is 109 Å². The van der Waals surface area contributed by atoms with Crippen molar-refractivity contribution in [3.8, 4) is 0 Å². The molecular formula is C75H122O6. The van der Waals surface area contributed by atoms with Crippen molar-refractivity contribution in [2.24, 2.45) is 0 Å². The molecule has 0 saturated heterocycles. The Kier molecular flexibility index (Phi) is 63.9. The molecular weight excluding hydrogens is 997 g/mol. The van der Waals surface area contributed by atoms with Gasteiger partial charge in [0.15, 0.2) is 6.10 Å². The first kappa shape index (κ1) is 76.3. The predicted molar refractivity (Wildman–Crippen MR) is 352 cm³/mol. The molecule has 0 aromatic rings. The van der Waals surface area contributed by atoms with Crippen LogP contribution in [0, 0.1) is 0 Å². The zero-order chi connectivity index (χ0) is 58.5. The van der Waals surface area contributed by atoms with Gasteiger partial charge in [0.25, 0.3) is 0 Å². The molecule has 0 bridgehead atoms. The van der Waals surface area contributed by atoms with Crippen LogP contribution >= 0.6 is 0 Å². The number of allylic oxidation sites excluding steroid dienone is 24. The van der Waals surface area contributed by atoms with Crippen LogP contribution < -0.4 is 0 Å². The van der Waals surface area contributed by atoms with Gasteiger partial charge in [-0.25, -0.2) is 0 Å². The maximum Gasteiger partial charge on any atom is 0.306 e. The lowest BCUT2D eigenvalue weighted by atomic mass is 10.0. The molecule has 0 aromatic carbocycles. The van der Waals surface area contributed by atoms with E-state index in [1.54, 1.807) is 0 Å². The molecule has 0 aliphatic carbocycles. The van der Waals surface area contributed by atoms with E-state index in [-0.39, 0.29) is 37.5 Å². The van der Waals surface area contributed by atoms with E-state index in [2.05, 4.69) is 161 Å². The zero-order valence-corrected chi connectivity index (χ0v) is 52.5. The van der Waals surface area contributed by atoms with Crippen molar-refractivity contribution < 1.29 is 28.6 Å². The van der Waals surface area contributed by atoms with Crippen LogP contribution in [0.5, 0.6) is 0 Å². The van der Waals surface area contributed by atoms with Crippen molar-refractivity contribution in [2.45, 2.75) is 297 Å². The summed E-state index contributed by atoms with van der Waals surface area (Å²) >= 11 is 0. The second-order valence-electron chi connectivity index (χ2n) is 21.6. The minimum atomic E-state index is -0.826. The van der Waals surface area contributed by atoms with Gasteiger partial charge < -0.3 is 14.2 Å². The Morgan fingerprint density at radius 3 is 0.827 bits per heavy atom. The summed E-state index contributed by atoms with van der Waals surface area (Å²) in [5, 5.41) is 0. The van der Waals surface area contributed by atoms with Gasteiger partial charge in [-0.2, -0.15) is 0 Å². The molecule has 81 heavy (non-hydrogen) atoms. The van der Waals surface area contributed by atoms with Crippen LogP contribution in [0.25, 0.3) is 0 Å². The fourth-order valence-electron chi connectivity index (χ4n) is 8.94. The third kappa shape index (κ3) is 66.0. The number of carbonyl (C=O) groups is 3. The molecule has 0 radical (unpaired) electrons. The molecule has 6 nitrogen and oxygen atoms in total. The predicted octanol–water partition coefficient (Wildman–Crippen LogP) is 23.1. The summed E-state index contributed by atoms with van der Waals surface area (Å²) in [4.78, 5) is 38.4. The zero-order valence-electron chi connectivity index (χ0n) is 52.5. The van der Waals surface area contributed by atoms with Crippen LogP contribution in [0.3, 0.4) is 0 Å². The largest absolute Gasteiger partial charge is 0.462 e. The highest BCUT2D eigenvalue weighted by Gasteiger charge is 2.19. The molecule has 0 saturated carbocycles. The quantitative estimate of drug-likeness (QED) is 0.0261. The Balaban J connectivity index is 4.53. The third-order valence-electron chi connectivity index (χ3n) is 13.9. The van der Waals surface area contributed by atoms with E-state index in [0.29, 0.717) is 19.3 Å². The first-order chi connectivity index (χ1) is 40.0. The van der Waals surface area contributed by atoms with E-state index < -0.39 is 6.10 Å². The van der Waals surface area contributed by atoms with Crippen molar-refractivity contribution in [2.75, 3.05) is 13.2 Å². The average Bonchev–Trinajstić information content (AvgIpc) is 3.47. The van der Waals surface area contributed by atoms with Gasteiger partial charge in [0.05, 0.1) is 0 Å². The van der Waals surface area contributed by atoms with E-state index in [0.717, 1.165) is 128 Å². The second-order valence-corrected chi connectivity index (χ2v) is 21.6. The molecule has 0 aromatic heterocycles. The molecule has 1 unspecified atom stereocenters. The molecule has 0 aliphatic rings. The van der Waals surface area contributed by atoms with Gasteiger partial charge in [-0.1, -0.05) is 308 Å². The molecule has 0 aliphatic heterocycles. The highest BCUT2D eigenvalue weighted by molar-refractivity contribution is 5.71. The molecule has 0 rings (SSSR count). The van der Waals surface area contributed by atoms with Crippen LogP contribution in [-0.2, 0) is 28.6 Å². The topological polar surface area (TPSA) is 78.9 Å². The highest BCUT2D eigenvalue weighted by atomic mass is 16.6. The fourth-order valence-corrected chi connectivity index (χ4v) is 8.94. The monoisotopic (exact) mass is 1120 g/mol. The number of hydrogen-bond donors (Lipinski definition) is 0. The summed E-state index contributed by atoms with van der Waals surface area (Å²) < 4.78 is 16.9. The minimum absolute atomic E-state index is 0.118. The van der Waals surface area contributed by atoms with Gasteiger partial charge in [0.2, 0.25) is 0 Å². The van der Waals surface area contributed by atoms with Gasteiger partial charge in [-0.15, -0.1) is 0 Å². The minimum Gasteiger partial charge on any atom is -0.462 e. The van der Waals surface area contributed by atoms with Crippen LogP contribution in [0.2, 0.25) is 0 Å². The normalized spacial score (nSPS) is 13.1. The molecule has 0 heterocycles. The van der Waals surface area contributed by atoms with E-state index in [4.69, 9.17) is 14.2 Å². The molecule has 0 fully saturated rings. The van der Waals surface area contributed by atoms with Gasteiger partial charge in [0.1, 0.15) is 13.2 Å². The van der Waals surface area contributed by atoms with Gasteiger partial charge >= 0.3 is 17.9 Å². The summed E-state index contributed by atoms with van der Waals surface area (Å²) in [5.41, 5.74) is 0. The summed E-state index contributed by atoms with van der Waals surface area (Å²) in [6, 6.07) is 0. The van der Waals surface area contributed by atoms with Crippen molar-refractivity contribution >= 4 is 17.9 Å². The molecule has 1 atom stereocenters. The third-order valence-corrected chi connectivity index (χ3v) is 13.9. The van der Waals surface area contributed by atoms with Crippen molar-refractivity contribution in [1.82, 2.24) is 0 Å². The van der Waals surface area contributed by atoms with Crippen LogP contribution in [-0.4, -0.2) is 37.2 Å². The lowest BCUT2D eigenvalue weighted by Crippen LogP contribution is -2.30. The SMILES string of the molecule is CC/C=C\C/C=C\C/C=C\C/C=C\C/C=C\C/C=C\CCCCCCC(=O)OCC(COC(=O)CC/C=C\C/C=C\C/C=C\C/C=C\C/C=C\C/C=C\CC)OC(=O)CCCCCCCCCCCCCCCCCCCCCCC. The van der Waals surface area contributed by atoms with Crippen molar-refractivity contribution in [1.29, 1.82) is 0 Å². The Morgan fingerprint density at radius 1 is 0.259 bits per heavy atom. The van der Waals surface area contributed by atoms with Gasteiger partial charge in [-0.3, -0.25) is 14.4 Å². The van der Waals surface area contributed by atoms with Crippen molar-refractivity contribution in [3.63, 3.8) is 0 Å². The number of rotatable bonds is 59. The molecule has 0 amide bonds. The van der Waals surface area contributed by atoms with Crippen LogP contribution in [0.4, 0.5) is 0 Å². The number of unbranched alkanes of at least 4 members (excludes halogenated alkanes) is 24. The Bertz CT molecular complexity index is 1760. The number of carbonyl (C=O) groups excluding carboxylic acids is 3. The Labute approximate surface area is 499 Å². The van der Waals surface area contributed by atoms with E-state index in [1.165, 1.54) is 116 Å². The number of ether oxygens (including phenoxy) is 3. The lowest BCUT2D eigenvalue weighted by molar-refractivity contribution is -0.166. The van der Waals surface area contributed by atoms with E-state index in [9.17, 15) is 14.4 Å². The Hall–Kier alpha value is -4.71. The summed E-state index contributed by atoms with van der Waals surface area (Å²) in [6.45, 7) is 6.35. The number of hydrogen-bond acceptors (Lipinski definition) is 6. The molecule has 458 valence electrons. The van der Waals surface area contributed by atoms with E-state index in [1.807, 2.05) is 6.08 Å². The van der Waals surface area contributed by atoms with Crippen molar-refractivity contribution in [3.05, 3.63) is 146 Å². The Morgan fingerprint density at radius 2 is 0.506 bits per heavy atom. The van der Waals surface area contributed by atoms with Gasteiger partial charge in [0, 0.05) is 19.3 Å². The number of esters is 3. The van der Waals surface area contributed by atoms with E-state index >= 15 is 0 Å². The molecule has 0 spiro atoms. The lowest BCUT2D eigenvalue weighted by Gasteiger charge is -2.18. The second kappa shape index (κ2) is 67.8. The van der Waals surface area contributed by atoms with Crippen LogP contribution in [0.1, 0.15) is 290 Å². The summed E-state index contributed by atoms with van der Waals surface area (Å²) in [5.74, 6) is -1.02. The first-order valence-corrected chi connectivity index (χ1v) is 33.3. The molecule has 0 N–H and O–H groups in total.